The van der Waals surface area contributed by atoms with E-state index in [9.17, 15) is 13.2 Å². The summed E-state index contributed by atoms with van der Waals surface area (Å²) in [7, 11) is -1.92. The first-order valence-electron chi connectivity index (χ1n) is 9.95. The van der Waals surface area contributed by atoms with Crippen LogP contribution in [0, 0.1) is 6.92 Å². The van der Waals surface area contributed by atoms with Gasteiger partial charge >= 0.3 is 0 Å². The third kappa shape index (κ3) is 5.11. The Balaban J connectivity index is 1.55. The maximum Gasteiger partial charge on any atom is 0.262 e. The van der Waals surface area contributed by atoms with Crippen LogP contribution in [0.2, 0.25) is 0 Å². The van der Waals surface area contributed by atoms with E-state index in [-0.39, 0.29) is 24.1 Å². The maximum atomic E-state index is 12.9. The van der Waals surface area contributed by atoms with Gasteiger partial charge in [0.25, 0.3) is 15.9 Å². The lowest BCUT2D eigenvalue weighted by Crippen LogP contribution is -2.39. The van der Waals surface area contributed by atoms with Crippen LogP contribution in [0.25, 0.3) is 0 Å². The third-order valence-electron chi connectivity index (χ3n) is 5.00. The molecule has 1 fully saturated rings. The molecular formula is C20H28N4O5S. The number of aromatic nitrogens is 2. The smallest absolute Gasteiger partial charge is 0.262 e. The Morgan fingerprint density at radius 1 is 1.07 bits per heavy atom. The Labute approximate surface area is 177 Å². The summed E-state index contributed by atoms with van der Waals surface area (Å²) >= 11 is 0. The fraction of sp³-hybridized carbons (Fsp3) is 0.500. The van der Waals surface area contributed by atoms with Gasteiger partial charge in [-0.2, -0.15) is 4.31 Å². The number of amides is 1. The average molecular weight is 437 g/mol. The lowest BCUT2D eigenvalue weighted by atomic mass is 10.3. The van der Waals surface area contributed by atoms with Crippen molar-refractivity contribution in [3.8, 4) is 11.5 Å². The van der Waals surface area contributed by atoms with Gasteiger partial charge in [0.1, 0.15) is 17.3 Å². The van der Waals surface area contributed by atoms with Crippen molar-refractivity contribution >= 4 is 15.9 Å². The molecule has 2 aromatic rings. The second kappa shape index (κ2) is 9.48. The van der Waals surface area contributed by atoms with Crippen molar-refractivity contribution < 1.29 is 22.7 Å². The van der Waals surface area contributed by atoms with Gasteiger partial charge in [0.15, 0.2) is 11.6 Å². The Bertz CT molecular complexity index is 952. The van der Waals surface area contributed by atoms with Crippen molar-refractivity contribution in [1.82, 2.24) is 18.8 Å². The molecule has 10 heteroatoms. The van der Waals surface area contributed by atoms with Crippen molar-refractivity contribution in [2.45, 2.75) is 25.3 Å². The maximum absolute atomic E-state index is 12.9. The molecule has 1 aromatic heterocycles. The molecule has 1 aromatic carbocycles. The SMILES string of the molecule is CCOc1ccc(OCC(=O)N2CCCN(S(=O)(=O)c3cn(C)c(C)n3)CC2)cc1. The predicted octanol–water partition coefficient (Wildman–Crippen LogP) is 1.43. The molecular weight excluding hydrogens is 408 g/mol. The van der Waals surface area contributed by atoms with Gasteiger partial charge in [-0.1, -0.05) is 0 Å². The second-order valence-electron chi connectivity index (χ2n) is 7.07. The van der Waals surface area contributed by atoms with Gasteiger partial charge in [-0.05, 0) is 44.5 Å². The van der Waals surface area contributed by atoms with E-state index in [0.29, 0.717) is 44.2 Å². The lowest BCUT2D eigenvalue weighted by molar-refractivity contribution is -0.133. The summed E-state index contributed by atoms with van der Waals surface area (Å²) in [6, 6.07) is 7.09. The van der Waals surface area contributed by atoms with Gasteiger partial charge in [0.2, 0.25) is 0 Å². The number of rotatable bonds is 7. The van der Waals surface area contributed by atoms with Gasteiger partial charge in [-0.15, -0.1) is 0 Å². The zero-order chi connectivity index (χ0) is 21.7. The van der Waals surface area contributed by atoms with Gasteiger partial charge in [-0.3, -0.25) is 4.79 Å². The number of carbonyl (C=O) groups is 1. The molecule has 0 spiro atoms. The minimum Gasteiger partial charge on any atom is -0.494 e. The zero-order valence-electron chi connectivity index (χ0n) is 17.6. The van der Waals surface area contributed by atoms with Crippen LogP contribution in [0.4, 0.5) is 0 Å². The van der Waals surface area contributed by atoms with Crippen LogP contribution in [0.1, 0.15) is 19.2 Å². The highest BCUT2D eigenvalue weighted by molar-refractivity contribution is 7.89. The van der Waals surface area contributed by atoms with Crippen LogP contribution in [0.3, 0.4) is 0 Å². The number of ether oxygens (including phenoxy) is 2. The van der Waals surface area contributed by atoms with E-state index in [4.69, 9.17) is 9.47 Å². The first-order valence-corrected chi connectivity index (χ1v) is 11.4. The van der Waals surface area contributed by atoms with E-state index < -0.39 is 10.0 Å². The summed E-state index contributed by atoms with van der Waals surface area (Å²) < 4.78 is 39.8. The van der Waals surface area contributed by atoms with E-state index in [0.717, 1.165) is 5.75 Å². The third-order valence-corrected chi connectivity index (χ3v) is 6.77. The molecule has 1 aliphatic heterocycles. The number of nitrogens with zero attached hydrogens (tertiary/aromatic N) is 4. The van der Waals surface area contributed by atoms with E-state index in [1.165, 1.54) is 10.5 Å². The van der Waals surface area contributed by atoms with Gasteiger partial charge < -0.3 is 18.9 Å². The van der Waals surface area contributed by atoms with E-state index in [1.54, 1.807) is 47.7 Å². The minimum atomic E-state index is -3.68. The molecule has 0 bridgehead atoms. The molecule has 0 aliphatic carbocycles. The number of benzene rings is 1. The molecule has 9 nitrogen and oxygen atoms in total. The highest BCUT2D eigenvalue weighted by Crippen LogP contribution is 2.19. The van der Waals surface area contributed by atoms with Gasteiger partial charge in [0.05, 0.1) is 6.61 Å². The zero-order valence-corrected chi connectivity index (χ0v) is 18.4. The monoisotopic (exact) mass is 436 g/mol. The molecule has 0 N–H and O–H groups in total. The number of hydrogen-bond acceptors (Lipinski definition) is 6. The largest absolute Gasteiger partial charge is 0.494 e. The number of sulfonamides is 1. The fourth-order valence-corrected chi connectivity index (χ4v) is 4.70. The molecule has 0 saturated carbocycles. The van der Waals surface area contributed by atoms with Crippen LogP contribution < -0.4 is 9.47 Å². The Morgan fingerprint density at radius 3 is 2.33 bits per heavy atom. The standard InChI is InChI=1S/C20H28N4O5S/c1-4-28-17-6-8-18(9-7-17)29-15-20(25)23-10-5-11-24(13-12-23)30(26,27)19-14-22(3)16(2)21-19/h6-9,14H,4-5,10-13,15H2,1-3H3. The van der Waals surface area contributed by atoms with Crippen LogP contribution in [0.5, 0.6) is 11.5 Å². The van der Waals surface area contributed by atoms with E-state index >= 15 is 0 Å². The van der Waals surface area contributed by atoms with Crippen molar-refractivity contribution in [1.29, 1.82) is 0 Å². The molecule has 0 unspecified atom stereocenters. The Hall–Kier alpha value is -2.59. The first-order chi connectivity index (χ1) is 14.3. The number of imidazole rings is 1. The first kappa shape index (κ1) is 22.1. The molecule has 1 saturated heterocycles. The van der Waals surface area contributed by atoms with Gasteiger partial charge in [0, 0.05) is 39.4 Å². The highest BCUT2D eigenvalue weighted by atomic mass is 32.2. The van der Waals surface area contributed by atoms with Gasteiger partial charge in [-0.25, -0.2) is 13.4 Å². The summed E-state index contributed by atoms with van der Waals surface area (Å²) in [5.41, 5.74) is 0. The summed E-state index contributed by atoms with van der Waals surface area (Å²) in [6.45, 7) is 5.53. The highest BCUT2D eigenvalue weighted by Gasteiger charge is 2.30. The van der Waals surface area contributed by atoms with E-state index in [2.05, 4.69) is 4.98 Å². The minimum absolute atomic E-state index is 0.0427. The molecule has 1 aliphatic rings. The van der Waals surface area contributed by atoms with Crippen LogP contribution >= 0.6 is 0 Å². The molecule has 3 rings (SSSR count). The average Bonchev–Trinajstić information content (AvgIpc) is 2.93. The normalized spacial score (nSPS) is 15.6. The van der Waals surface area contributed by atoms with Crippen molar-refractivity contribution in [2.75, 3.05) is 39.4 Å². The summed E-state index contributed by atoms with van der Waals surface area (Å²) in [5.74, 6) is 1.79. The number of aryl methyl sites for hydroxylation is 2. The Kier molecular flexibility index (Phi) is 6.99. The molecule has 2 heterocycles. The lowest BCUT2D eigenvalue weighted by Gasteiger charge is -2.21. The van der Waals surface area contributed by atoms with Crippen LogP contribution in [-0.4, -0.2) is 72.5 Å². The van der Waals surface area contributed by atoms with E-state index in [1.807, 2.05) is 6.92 Å². The quantitative estimate of drug-likeness (QED) is 0.652. The predicted molar refractivity (Wildman–Crippen MR) is 111 cm³/mol. The molecule has 1 amide bonds. The Morgan fingerprint density at radius 2 is 1.73 bits per heavy atom. The number of hydrogen-bond donors (Lipinski definition) is 0. The summed E-state index contributed by atoms with van der Waals surface area (Å²) in [4.78, 5) is 18.4. The molecule has 0 atom stereocenters. The van der Waals surface area contributed by atoms with Crippen molar-refractivity contribution in [2.24, 2.45) is 7.05 Å². The molecule has 164 valence electrons. The van der Waals surface area contributed by atoms with Crippen LogP contribution in [0.15, 0.2) is 35.5 Å². The fourth-order valence-electron chi connectivity index (χ4n) is 3.20. The second-order valence-corrected chi connectivity index (χ2v) is 8.95. The molecule has 30 heavy (non-hydrogen) atoms. The molecule has 0 radical (unpaired) electrons. The van der Waals surface area contributed by atoms with Crippen molar-refractivity contribution in [3.63, 3.8) is 0 Å². The summed E-state index contributed by atoms with van der Waals surface area (Å²) in [5, 5.41) is 0.0427. The topological polar surface area (TPSA) is 94.0 Å². The summed E-state index contributed by atoms with van der Waals surface area (Å²) in [6.07, 6.45) is 2.07. The number of carbonyl (C=O) groups excluding carboxylic acids is 1. The van der Waals surface area contributed by atoms with Crippen LogP contribution in [-0.2, 0) is 21.9 Å². The van der Waals surface area contributed by atoms with Crippen molar-refractivity contribution in [3.05, 3.63) is 36.3 Å².